The molecule has 0 radical (unpaired) electrons. The summed E-state index contributed by atoms with van der Waals surface area (Å²) in [6.45, 7) is 12.4. The fourth-order valence-electron chi connectivity index (χ4n) is 8.65. The fraction of sp³-hybridized carbons (Fsp3) is 0.946. The predicted molar refractivity (Wildman–Crippen MR) is 294 cm³/mol. The van der Waals surface area contributed by atoms with Crippen LogP contribution in [0.5, 0.6) is 0 Å². The van der Waals surface area contributed by atoms with Gasteiger partial charge in [0.05, 0.1) is 12.6 Å². The summed E-state index contributed by atoms with van der Waals surface area (Å²) in [5, 5.41) is 6.28. The van der Waals surface area contributed by atoms with Crippen molar-refractivity contribution < 1.29 is 23.9 Å². The molecule has 0 aromatic carbocycles. The van der Waals surface area contributed by atoms with Crippen LogP contribution in [0, 0.1) is 0 Å². The first-order chi connectivity index (χ1) is 32.8. The molecule has 0 saturated heterocycles. The van der Waals surface area contributed by atoms with Gasteiger partial charge >= 0.3 is 11.9 Å². The third-order valence-corrected chi connectivity index (χ3v) is 15.6. The molecule has 0 bridgehead atoms. The molecule has 1 atom stereocenters. The average Bonchev–Trinajstić information content (AvgIpc) is 3.31. The summed E-state index contributed by atoms with van der Waals surface area (Å²) < 4.78 is 11.7. The quantitative estimate of drug-likeness (QED) is 0.0348. The summed E-state index contributed by atoms with van der Waals surface area (Å²) >= 11 is 0. The van der Waals surface area contributed by atoms with Gasteiger partial charge in [-0.05, 0) is 131 Å². The summed E-state index contributed by atoms with van der Waals surface area (Å²) in [5.74, 6) is 2.19. The number of unbranched alkanes of at least 4 members (excludes halogenated alkanes) is 25. The van der Waals surface area contributed by atoms with Crippen LogP contribution in [0.15, 0.2) is 0 Å². The molecule has 0 fully saturated rings. The molecule has 1 unspecified atom stereocenters. The fourth-order valence-corrected chi connectivity index (χ4v) is 10.9. The van der Waals surface area contributed by atoms with Crippen molar-refractivity contribution in [2.45, 2.75) is 270 Å². The van der Waals surface area contributed by atoms with Crippen LogP contribution < -0.4 is 10.6 Å². The standard InChI is InChI=1S/C56H112N4O5S2/c1-7-10-13-16-19-20-21-27-36-49-64-54(61)41-32-28-34-47-60(48-35-37-50-66-67-51-43-53(57-4)56(63)58-44-38-45-59(5)6)46-33-26-22-25-31-42-55(62)65-52(39-29-23-17-14-11-8-2)40-30-24-18-15-12-9-3/h52-53,57H,7-51H2,1-6H3,(H,58,63). The maximum Gasteiger partial charge on any atom is 0.306 e. The molecular formula is C56H112N4O5S2. The van der Waals surface area contributed by atoms with E-state index >= 15 is 0 Å². The van der Waals surface area contributed by atoms with E-state index in [4.69, 9.17) is 9.47 Å². The lowest BCUT2D eigenvalue weighted by atomic mass is 10.0. The highest BCUT2D eigenvalue weighted by molar-refractivity contribution is 8.76. The van der Waals surface area contributed by atoms with Crippen LogP contribution in [0.2, 0.25) is 0 Å². The highest BCUT2D eigenvalue weighted by atomic mass is 33.1. The molecule has 9 nitrogen and oxygen atoms in total. The smallest absolute Gasteiger partial charge is 0.306 e. The van der Waals surface area contributed by atoms with E-state index in [2.05, 4.69) is 55.3 Å². The van der Waals surface area contributed by atoms with Crippen molar-refractivity contribution in [3.05, 3.63) is 0 Å². The Labute approximate surface area is 424 Å². The van der Waals surface area contributed by atoms with Crippen LogP contribution in [-0.2, 0) is 23.9 Å². The Morgan fingerprint density at radius 2 is 0.925 bits per heavy atom. The Morgan fingerprint density at radius 3 is 1.46 bits per heavy atom. The number of esters is 2. The second kappa shape index (κ2) is 52.8. The monoisotopic (exact) mass is 985 g/mol. The Hall–Kier alpha value is -1.01. The van der Waals surface area contributed by atoms with Crippen molar-refractivity contribution in [1.29, 1.82) is 0 Å². The van der Waals surface area contributed by atoms with Crippen molar-refractivity contribution in [3.63, 3.8) is 0 Å². The van der Waals surface area contributed by atoms with Crippen molar-refractivity contribution >= 4 is 39.4 Å². The SMILES string of the molecule is CCCCCCCCCCCOC(=O)CCCCCN(CCCCCCCC(=O)OC(CCCCCCCC)CCCCCCCC)CCCCSSCCC(NC)C(=O)NCCCN(C)C. The Kier molecular flexibility index (Phi) is 52.0. The number of ether oxygens (including phenoxy) is 2. The van der Waals surface area contributed by atoms with Crippen LogP contribution in [0.25, 0.3) is 0 Å². The van der Waals surface area contributed by atoms with E-state index in [1.165, 1.54) is 154 Å². The van der Waals surface area contributed by atoms with Gasteiger partial charge < -0.3 is 29.9 Å². The van der Waals surface area contributed by atoms with Crippen molar-refractivity contribution in [1.82, 2.24) is 20.4 Å². The number of hydrogen-bond acceptors (Lipinski definition) is 10. The number of carbonyl (C=O) groups excluding carboxylic acids is 3. The van der Waals surface area contributed by atoms with E-state index in [-0.39, 0.29) is 30.0 Å². The van der Waals surface area contributed by atoms with Gasteiger partial charge in [-0.15, -0.1) is 0 Å². The molecule has 0 saturated carbocycles. The molecule has 0 aromatic heterocycles. The first-order valence-corrected chi connectivity index (χ1v) is 31.2. The Balaban J connectivity index is 4.64. The molecule has 0 aliphatic heterocycles. The molecule has 67 heavy (non-hydrogen) atoms. The first-order valence-electron chi connectivity index (χ1n) is 28.7. The van der Waals surface area contributed by atoms with Gasteiger partial charge in [-0.1, -0.05) is 184 Å². The molecule has 0 spiro atoms. The minimum absolute atomic E-state index is 0.0213. The zero-order chi connectivity index (χ0) is 49.1. The zero-order valence-electron chi connectivity index (χ0n) is 45.2. The van der Waals surface area contributed by atoms with Gasteiger partial charge in [0, 0.05) is 30.9 Å². The summed E-state index contributed by atoms with van der Waals surface area (Å²) in [7, 11) is 9.82. The van der Waals surface area contributed by atoms with Crippen molar-refractivity contribution in [2.24, 2.45) is 0 Å². The molecule has 0 aliphatic rings. The van der Waals surface area contributed by atoms with E-state index in [1.54, 1.807) is 0 Å². The molecule has 0 heterocycles. The molecular weight excluding hydrogens is 873 g/mol. The molecule has 398 valence electrons. The third-order valence-electron chi connectivity index (χ3n) is 13.1. The average molecular weight is 986 g/mol. The molecule has 2 N–H and O–H groups in total. The number of likely N-dealkylation sites (N-methyl/N-ethyl adjacent to an activating group) is 1. The van der Waals surface area contributed by atoms with Gasteiger partial charge in [0.1, 0.15) is 6.10 Å². The summed E-state index contributed by atoms with van der Waals surface area (Å²) in [6, 6.07) is -0.135. The summed E-state index contributed by atoms with van der Waals surface area (Å²) in [5.41, 5.74) is 0. The van der Waals surface area contributed by atoms with Crippen LogP contribution in [0.4, 0.5) is 0 Å². The number of hydrogen-bond donors (Lipinski definition) is 2. The lowest BCUT2D eigenvalue weighted by Gasteiger charge is -2.22. The zero-order valence-corrected chi connectivity index (χ0v) is 46.9. The normalized spacial score (nSPS) is 12.1. The van der Waals surface area contributed by atoms with Gasteiger partial charge in [0.15, 0.2) is 0 Å². The lowest BCUT2D eigenvalue weighted by Crippen LogP contribution is -2.43. The van der Waals surface area contributed by atoms with Gasteiger partial charge in [-0.3, -0.25) is 14.4 Å². The lowest BCUT2D eigenvalue weighted by molar-refractivity contribution is -0.150. The second-order valence-electron chi connectivity index (χ2n) is 19.9. The Bertz CT molecular complexity index is 1060. The van der Waals surface area contributed by atoms with Crippen LogP contribution >= 0.6 is 21.6 Å². The molecule has 11 heteroatoms. The van der Waals surface area contributed by atoms with Crippen molar-refractivity contribution in [2.75, 3.05) is 72.0 Å². The topological polar surface area (TPSA) is 100 Å². The van der Waals surface area contributed by atoms with Gasteiger partial charge in [0.2, 0.25) is 5.91 Å². The number of nitrogens with one attached hydrogen (secondary N) is 2. The molecule has 1 amide bonds. The van der Waals surface area contributed by atoms with Crippen LogP contribution in [0.3, 0.4) is 0 Å². The highest BCUT2D eigenvalue weighted by Gasteiger charge is 2.16. The maximum absolute atomic E-state index is 12.9. The third kappa shape index (κ3) is 48.4. The number of nitrogens with zero attached hydrogens (tertiary/aromatic N) is 2. The van der Waals surface area contributed by atoms with E-state index < -0.39 is 0 Å². The van der Waals surface area contributed by atoms with Gasteiger partial charge in [-0.2, -0.15) is 0 Å². The molecule has 0 aliphatic carbocycles. The van der Waals surface area contributed by atoms with E-state index in [9.17, 15) is 14.4 Å². The maximum atomic E-state index is 12.9. The number of amides is 1. The van der Waals surface area contributed by atoms with Gasteiger partial charge in [0.25, 0.3) is 0 Å². The highest BCUT2D eigenvalue weighted by Crippen LogP contribution is 2.24. The van der Waals surface area contributed by atoms with Crippen LogP contribution in [-0.4, -0.2) is 112 Å². The van der Waals surface area contributed by atoms with Crippen LogP contribution in [0.1, 0.15) is 258 Å². The van der Waals surface area contributed by atoms with E-state index in [0.29, 0.717) is 19.4 Å². The molecule has 0 aromatic rings. The largest absolute Gasteiger partial charge is 0.466 e. The van der Waals surface area contributed by atoms with E-state index in [0.717, 1.165) is 115 Å². The second-order valence-corrected chi connectivity index (χ2v) is 22.6. The summed E-state index contributed by atoms with van der Waals surface area (Å²) in [4.78, 5) is 42.7. The predicted octanol–water partition coefficient (Wildman–Crippen LogP) is 14.9. The van der Waals surface area contributed by atoms with Gasteiger partial charge in [-0.25, -0.2) is 0 Å². The number of rotatable bonds is 54. The minimum atomic E-state index is -0.135. The first kappa shape index (κ1) is 66.0. The molecule has 0 rings (SSSR count). The number of carbonyl (C=O) groups is 3. The summed E-state index contributed by atoms with van der Waals surface area (Å²) in [6.07, 6.45) is 42.9. The van der Waals surface area contributed by atoms with Crippen molar-refractivity contribution in [3.8, 4) is 0 Å². The minimum Gasteiger partial charge on any atom is -0.466 e. The Morgan fingerprint density at radius 1 is 0.478 bits per heavy atom. The van der Waals surface area contributed by atoms with E-state index in [1.807, 2.05) is 28.6 Å².